The number of hydrogen-bond donors (Lipinski definition) is 1. The number of nitrogens with one attached hydrogen (secondary N) is 1. The van der Waals surface area contributed by atoms with Gasteiger partial charge in [-0.1, -0.05) is 0 Å². The molecule has 1 saturated heterocycles. The van der Waals surface area contributed by atoms with E-state index in [1.807, 2.05) is 4.90 Å². The Bertz CT molecular complexity index is 1280. The summed E-state index contributed by atoms with van der Waals surface area (Å²) < 4.78 is 41.7. The minimum absolute atomic E-state index is 0.0183. The van der Waals surface area contributed by atoms with Gasteiger partial charge in [-0.25, -0.2) is 9.67 Å². The van der Waals surface area contributed by atoms with Crippen molar-refractivity contribution in [3.05, 3.63) is 54.7 Å². The lowest BCUT2D eigenvalue weighted by molar-refractivity contribution is -0.146. The molecule has 1 aliphatic heterocycles. The van der Waals surface area contributed by atoms with Crippen LogP contribution in [-0.2, 0) is 11.0 Å². The number of carbonyl (C=O) groups is 1. The van der Waals surface area contributed by atoms with E-state index >= 15 is 0 Å². The summed E-state index contributed by atoms with van der Waals surface area (Å²) in [5.41, 5.74) is 0.567. The minimum Gasteiger partial charge on any atom is -0.355 e. The molecule has 0 unspecified atom stereocenters. The Kier molecular flexibility index (Phi) is 5.15. The van der Waals surface area contributed by atoms with E-state index in [0.29, 0.717) is 47.8 Å². The highest BCUT2D eigenvalue weighted by Gasteiger charge is 2.38. The van der Waals surface area contributed by atoms with Crippen molar-refractivity contribution in [3.8, 4) is 5.82 Å². The van der Waals surface area contributed by atoms with Crippen LogP contribution in [0.4, 0.5) is 24.7 Å². The molecule has 33 heavy (non-hydrogen) atoms. The van der Waals surface area contributed by atoms with Crippen molar-refractivity contribution in [3.63, 3.8) is 0 Å². The lowest BCUT2D eigenvalue weighted by atomic mass is 9.96. The van der Waals surface area contributed by atoms with Crippen molar-refractivity contribution in [2.45, 2.75) is 19.0 Å². The second-order valence-corrected chi connectivity index (χ2v) is 7.56. The molecule has 4 aromatic rings. The molecule has 0 radical (unpaired) electrons. The maximum absolute atomic E-state index is 13.1. The third-order valence-corrected chi connectivity index (χ3v) is 5.46. The van der Waals surface area contributed by atoms with E-state index in [9.17, 15) is 18.0 Å². The van der Waals surface area contributed by atoms with E-state index in [4.69, 9.17) is 0 Å². The number of hydrogen-bond acceptors (Lipinski definition) is 7. The average Bonchev–Trinajstić information content (AvgIpc) is 3.49. The van der Waals surface area contributed by atoms with Gasteiger partial charge in [0.15, 0.2) is 11.5 Å². The fraction of sp³-hybridized carbons (Fsp3) is 0.300. The Morgan fingerprint density at radius 3 is 2.61 bits per heavy atom. The van der Waals surface area contributed by atoms with Gasteiger partial charge in [-0.15, -0.1) is 15.3 Å². The number of piperidine rings is 1. The highest BCUT2D eigenvalue weighted by Crippen LogP contribution is 2.29. The Morgan fingerprint density at radius 1 is 1.06 bits per heavy atom. The van der Waals surface area contributed by atoms with Gasteiger partial charge in [-0.05, 0) is 43.2 Å². The summed E-state index contributed by atoms with van der Waals surface area (Å²) in [7, 11) is 0. The van der Waals surface area contributed by atoms with E-state index in [2.05, 4.69) is 30.7 Å². The van der Waals surface area contributed by atoms with Crippen LogP contribution in [0.2, 0.25) is 0 Å². The summed E-state index contributed by atoms with van der Waals surface area (Å²) >= 11 is 0. The summed E-state index contributed by atoms with van der Waals surface area (Å²) in [6, 6.07) is 8.30. The highest BCUT2D eigenvalue weighted by atomic mass is 19.4. The molecule has 0 saturated carbocycles. The smallest absolute Gasteiger partial charge is 0.355 e. The van der Waals surface area contributed by atoms with Gasteiger partial charge in [0.05, 0.1) is 5.69 Å². The van der Waals surface area contributed by atoms with Crippen LogP contribution in [-0.4, -0.2) is 53.6 Å². The molecule has 5 heterocycles. The van der Waals surface area contributed by atoms with Crippen LogP contribution in [0.3, 0.4) is 0 Å². The Morgan fingerprint density at radius 2 is 1.88 bits per heavy atom. The number of anilines is 2. The van der Waals surface area contributed by atoms with Gasteiger partial charge < -0.3 is 10.2 Å². The molecule has 10 nitrogen and oxygen atoms in total. The molecule has 4 aromatic heterocycles. The normalized spacial score (nSPS) is 15.2. The van der Waals surface area contributed by atoms with Gasteiger partial charge in [0.25, 0.3) is 5.82 Å². The van der Waals surface area contributed by atoms with Gasteiger partial charge >= 0.3 is 6.18 Å². The summed E-state index contributed by atoms with van der Waals surface area (Å²) in [5, 5.41) is 17.9. The number of nitrogens with zero attached hydrogens (tertiary/aromatic N) is 8. The molecule has 170 valence electrons. The highest BCUT2D eigenvalue weighted by molar-refractivity contribution is 5.94. The van der Waals surface area contributed by atoms with Gasteiger partial charge in [-0.2, -0.15) is 22.8 Å². The molecule has 1 N–H and O–H groups in total. The zero-order chi connectivity index (χ0) is 23.0. The first-order chi connectivity index (χ1) is 15.9. The van der Waals surface area contributed by atoms with Crippen molar-refractivity contribution in [1.29, 1.82) is 0 Å². The largest absolute Gasteiger partial charge is 0.453 e. The molecule has 0 aromatic carbocycles. The Hall–Kier alpha value is -4.03. The van der Waals surface area contributed by atoms with Gasteiger partial charge in [0.2, 0.25) is 5.91 Å². The van der Waals surface area contributed by atoms with E-state index < -0.39 is 12.0 Å². The van der Waals surface area contributed by atoms with E-state index in [1.165, 1.54) is 6.07 Å². The third kappa shape index (κ3) is 4.08. The summed E-state index contributed by atoms with van der Waals surface area (Å²) in [4.78, 5) is 19.0. The second-order valence-electron chi connectivity index (χ2n) is 7.56. The monoisotopic (exact) mass is 457 g/mol. The molecule has 5 rings (SSSR count). The van der Waals surface area contributed by atoms with Crippen LogP contribution >= 0.6 is 0 Å². The fourth-order valence-corrected chi connectivity index (χ4v) is 3.80. The number of halogens is 3. The maximum Gasteiger partial charge on any atom is 0.453 e. The van der Waals surface area contributed by atoms with Crippen molar-refractivity contribution >= 4 is 23.1 Å². The predicted octanol–water partition coefficient (Wildman–Crippen LogP) is 2.58. The SMILES string of the molecule is O=C(Nc1cccnc1-n1cccn1)C1CCN(c2ccc3nnc(C(F)(F)F)n3n2)CC1. The number of alkyl halides is 3. The number of amides is 1. The number of carbonyl (C=O) groups excluding carboxylic acids is 1. The van der Waals surface area contributed by atoms with Crippen LogP contribution < -0.4 is 10.2 Å². The molecule has 0 atom stereocenters. The quantitative estimate of drug-likeness (QED) is 0.502. The van der Waals surface area contributed by atoms with Crippen LogP contribution in [0.5, 0.6) is 0 Å². The van der Waals surface area contributed by atoms with Crippen molar-refractivity contribution in [2.24, 2.45) is 5.92 Å². The molecule has 1 amide bonds. The first kappa shape index (κ1) is 20.8. The van der Waals surface area contributed by atoms with Gasteiger partial charge in [-0.3, -0.25) is 4.79 Å². The summed E-state index contributed by atoms with van der Waals surface area (Å²) in [6.45, 7) is 0.943. The fourth-order valence-electron chi connectivity index (χ4n) is 3.80. The van der Waals surface area contributed by atoms with Crippen molar-refractivity contribution in [1.82, 2.24) is 34.6 Å². The maximum atomic E-state index is 13.1. The van der Waals surface area contributed by atoms with E-state index in [1.54, 1.807) is 47.5 Å². The standard InChI is InChI=1S/C20H18F3N9O/c21-20(22,23)19-28-27-15-4-5-16(29-32(15)19)30-11-6-13(7-12-30)18(33)26-14-3-1-8-24-17(14)31-10-2-9-25-31/h1-5,8-10,13H,6-7,11-12H2,(H,26,33). The molecule has 0 aliphatic carbocycles. The van der Waals surface area contributed by atoms with Crippen molar-refractivity contribution < 1.29 is 18.0 Å². The van der Waals surface area contributed by atoms with Crippen LogP contribution in [0.1, 0.15) is 18.7 Å². The predicted molar refractivity (Wildman–Crippen MR) is 111 cm³/mol. The number of rotatable bonds is 4. The number of pyridine rings is 1. The number of aromatic nitrogens is 7. The van der Waals surface area contributed by atoms with Crippen LogP contribution in [0.15, 0.2) is 48.9 Å². The Balaban J connectivity index is 1.27. The summed E-state index contributed by atoms with van der Waals surface area (Å²) in [6.07, 6.45) is 1.38. The lowest BCUT2D eigenvalue weighted by Gasteiger charge is -2.32. The van der Waals surface area contributed by atoms with Gasteiger partial charge in [0, 0.05) is 37.6 Å². The molecular weight excluding hydrogens is 439 g/mol. The zero-order valence-electron chi connectivity index (χ0n) is 17.1. The topological polar surface area (TPSA) is 106 Å². The minimum atomic E-state index is -4.66. The molecule has 0 spiro atoms. The summed E-state index contributed by atoms with van der Waals surface area (Å²) in [5.74, 6) is -0.674. The molecular formula is C20H18F3N9O. The molecule has 13 heteroatoms. The Labute approximate surface area is 185 Å². The first-order valence-electron chi connectivity index (χ1n) is 10.2. The molecule has 1 fully saturated rings. The lowest BCUT2D eigenvalue weighted by Crippen LogP contribution is -2.39. The van der Waals surface area contributed by atoms with Crippen LogP contribution in [0, 0.1) is 5.92 Å². The van der Waals surface area contributed by atoms with Crippen molar-refractivity contribution in [2.75, 3.05) is 23.3 Å². The zero-order valence-corrected chi connectivity index (χ0v) is 17.1. The molecule has 0 bridgehead atoms. The first-order valence-corrected chi connectivity index (χ1v) is 10.2. The number of fused-ring (bicyclic) bond motifs is 1. The third-order valence-electron chi connectivity index (χ3n) is 5.46. The van der Waals surface area contributed by atoms with Crippen LogP contribution in [0.25, 0.3) is 11.5 Å². The van der Waals surface area contributed by atoms with E-state index in [0.717, 1.165) is 0 Å². The van der Waals surface area contributed by atoms with Gasteiger partial charge in [0.1, 0.15) is 5.82 Å². The average molecular weight is 457 g/mol. The second kappa shape index (κ2) is 8.15. The van der Waals surface area contributed by atoms with E-state index in [-0.39, 0.29) is 17.5 Å². The molecule has 1 aliphatic rings.